The second-order valence-corrected chi connectivity index (χ2v) is 4.60. The fourth-order valence-corrected chi connectivity index (χ4v) is 1.71. The van der Waals surface area contributed by atoms with Crippen molar-refractivity contribution in [2.75, 3.05) is 17.7 Å². The average molecular weight is 304 g/mol. The van der Waals surface area contributed by atoms with Gasteiger partial charge in [-0.25, -0.2) is 0 Å². The van der Waals surface area contributed by atoms with Gasteiger partial charge >= 0.3 is 5.97 Å². The van der Waals surface area contributed by atoms with Crippen molar-refractivity contribution in [1.29, 1.82) is 0 Å². The molecule has 0 unspecified atom stereocenters. The van der Waals surface area contributed by atoms with Crippen molar-refractivity contribution in [2.24, 2.45) is 0 Å². The first-order valence-corrected chi connectivity index (χ1v) is 6.95. The third-order valence-electron chi connectivity index (χ3n) is 2.88. The number of anilines is 2. The summed E-state index contributed by atoms with van der Waals surface area (Å²) in [4.78, 5) is 33.8. The number of benzene rings is 1. The molecule has 0 aliphatic heterocycles. The molecule has 0 heterocycles. The predicted octanol–water partition coefficient (Wildman–Crippen LogP) is 2.48. The second-order valence-electron chi connectivity index (χ2n) is 4.60. The van der Waals surface area contributed by atoms with Crippen molar-refractivity contribution in [1.82, 2.24) is 0 Å². The Kier molecular flexibility index (Phi) is 7.39. The molecule has 0 radical (unpaired) electrons. The number of carbonyl (C=O) groups is 3. The molecule has 1 aromatic rings. The fraction of sp³-hybridized carbons (Fsp3) is 0.312. The van der Waals surface area contributed by atoms with E-state index < -0.39 is 0 Å². The maximum atomic E-state index is 11.7. The molecule has 2 N–H and O–H groups in total. The van der Waals surface area contributed by atoms with E-state index in [4.69, 9.17) is 0 Å². The van der Waals surface area contributed by atoms with Gasteiger partial charge in [-0.15, -0.1) is 0 Å². The molecule has 0 saturated heterocycles. The van der Waals surface area contributed by atoms with E-state index in [1.165, 1.54) is 13.2 Å². The quantitative estimate of drug-likeness (QED) is 0.439. The van der Waals surface area contributed by atoms with E-state index >= 15 is 0 Å². The molecule has 0 atom stereocenters. The summed E-state index contributed by atoms with van der Waals surface area (Å²) in [6.07, 6.45) is 3.08. The van der Waals surface area contributed by atoms with E-state index in [2.05, 4.69) is 21.9 Å². The number of ether oxygens (including phenoxy) is 1. The van der Waals surface area contributed by atoms with Crippen molar-refractivity contribution in [3.8, 4) is 0 Å². The Hall–Kier alpha value is -2.63. The molecule has 0 bridgehead atoms. The smallest absolute Gasteiger partial charge is 0.305 e. The Labute approximate surface area is 129 Å². The van der Waals surface area contributed by atoms with Crippen molar-refractivity contribution in [3.05, 3.63) is 36.9 Å². The van der Waals surface area contributed by atoms with Crippen LogP contribution in [0.25, 0.3) is 0 Å². The molecular weight excluding hydrogens is 284 g/mol. The van der Waals surface area contributed by atoms with E-state index in [1.807, 2.05) is 0 Å². The monoisotopic (exact) mass is 304 g/mol. The number of nitrogens with one attached hydrogen (secondary N) is 2. The Bertz CT molecular complexity index is 538. The van der Waals surface area contributed by atoms with Gasteiger partial charge in [0.15, 0.2) is 0 Å². The highest BCUT2D eigenvalue weighted by Gasteiger charge is 2.05. The SMILES string of the molecule is C=CC(=O)Nc1ccc(NC(=O)CCCCC(=O)OC)cc1. The normalized spacial score (nSPS) is 9.68. The summed E-state index contributed by atoms with van der Waals surface area (Å²) in [7, 11) is 1.34. The summed E-state index contributed by atoms with van der Waals surface area (Å²) in [5.74, 6) is -0.673. The Morgan fingerprint density at radius 2 is 1.59 bits per heavy atom. The second kappa shape index (κ2) is 9.33. The van der Waals surface area contributed by atoms with Gasteiger partial charge in [0.2, 0.25) is 11.8 Å². The van der Waals surface area contributed by atoms with Crippen molar-refractivity contribution in [3.63, 3.8) is 0 Å². The molecule has 0 aromatic heterocycles. The fourth-order valence-electron chi connectivity index (χ4n) is 1.71. The molecule has 1 aromatic carbocycles. The first kappa shape index (κ1) is 17.4. The minimum Gasteiger partial charge on any atom is -0.469 e. The number of rotatable bonds is 8. The zero-order valence-electron chi connectivity index (χ0n) is 12.6. The zero-order valence-corrected chi connectivity index (χ0v) is 12.6. The molecule has 118 valence electrons. The number of amides is 2. The molecule has 0 aliphatic carbocycles. The number of carbonyl (C=O) groups excluding carboxylic acids is 3. The van der Waals surface area contributed by atoms with Crippen LogP contribution in [0.1, 0.15) is 25.7 Å². The lowest BCUT2D eigenvalue weighted by Crippen LogP contribution is -2.12. The zero-order chi connectivity index (χ0) is 16.4. The lowest BCUT2D eigenvalue weighted by atomic mass is 10.2. The van der Waals surface area contributed by atoms with Gasteiger partial charge in [-0.2, -0.15) is 0 Å². The topological polar surface area (TPSA) is 84.5 Å². The third-order valence-corrected chi connectivity index (χ3v) is 2.88. The summed E-state index contributed by atoms with van der Waals surface area (Å²) < 4.78 is 4.52. The van der Waals surface area contributed by atoms with Gasteiger partial charge in [0.25, 0.3) is 0 Å². The number of esters is 1. The first-order chi connectivity index (χ1) is 10.5. The van der Waals surface area contributed by atoms with Gasteiger partial charge in [-0.05, 0) is 43.2 Å². The molecule has 6 nitrogen and oxygen atoms in total. The minimum atomic E-state index is -0.289. The van der Waals surface area contributed by atoms with Crippen LogP contribution < -0.4 is 10.6 Å². The third kappa shape index (κ3) is 6.69. The van der Waals surface area contributed by atoms with Gasteiger partial charge < -0.3 is 15.4 Å². The van der Waals surface area contributed by atoms with E-state index in [-0.39, 0.29) is 17.8 Å². The van der Waals surface area contributed by atoms with Crippen LogP contribution in [-0.4, -0.2) is 24.9 Å². The molecule has 22 heavy (non-hydrogen) atoms. The van der Waals surface area contributed by atoms with Crippen LogP contribution in [0.4, 0.5) is 11.4 Å². The number of unbranched alkanes of at least 4 members (excludes halogenated alkanes) is 1. The number of hydrogen-bond acceptors (Lipinski definition) is 4. The van der Waals surface area contributed by atoms with Gasteiger partial charge in [-0.3, -0.25) is 14.4 Å². The summed E-state index contributed by atoms with van der Waals surface area (Å²) in [6.45, 7) is 3.37. The molecular formula is C16H20N2O4. The lowest BCUT2D eigenvalue weighted by Gasteiger charge is -2.07. The molecule has 0 fully saturated rings. The molecule has 6 heteroatoms. The van der Waals surface area contributed by atoms with Crippen LogP contribution in [0.15, 0.2) is 36.9 Å². The number of methoxy groups -OCH3 is 1. The summed E-state index contributed by atoms with van der Waals surface area (Å²) in [5, 5.41) is 5.37. The first-order valence-electron chi connectivity index (χ1n) is 6.95. The highest BCUT2D eigenvalue weighted by molar-refractivity contribution is 5.99. The summed E-state index contributed by atoms with van der Waals surface area (Å²) in [5.41, 5.74) is 1.27. The summed E-state index contributed by atoms with van der Waals surface area (Å²) in [6, 6.07) is 6.78. The van der Waals surface area contributed by atoms with Crippen LogP contribution in [0.2, 0.25) is 0 Å². The Morgan fingerprint density at radius 1 is 1.05 bits per heavy atom. The van der Waals surface area contributed by atoms with Gasteiger partial charge in [0.1, 0.15) is 0 Å². The average Bonchev–Trinajstić information content (AvgIpc) is 2.53. The molecule has 0 saturated carbocycles. The summed E-state index contributed by atoms with van der Waals surface area (Å²) >= 11 is 0. The maximum Gasteiger partial charge on any atom is 0.305 e. The highest BCUT2D eigenvalue weighted by Crippen LogP contribution is 2.14. The Morgan fingerprint density at radius 3 is 2.14 bits per heavy atom. The van der Waals surface area contributed by atoms with E-state index in [0.29, 0.717) is 37.1 Å². The molecule has 0 spiro atoms. The van der Waals surface area contributed by atoms with Gasteiger partial charge in [0.05, 0.1) is 7.11 Å². The van der Waals surface area contributed by atoms with Gasteiger partial charge in [-0.1, -0.05) is 6.58 Å². The van der Waals surface area contributed by atoms with Crippen LogP contribution in [0, 0.1) is 0 Å². The Balaban J connectivity index is 2.33. The van der Waals surface area contributed by atoms with Crippen LogP contribution in [-0.2, 0) is 19.1 Å². The highest BCUT2D eigenvalue weighted by atomic mass is 16.5. The minimum absolute atomic E-state index is 0.118. The number of hydrogen-bond donors (Lipinski definition) is 2. The lowest BCUT2D eigenvalue weighted by molar-refractivity contribution is -0.140. The van der Waals surface area contributed by atoms with Crippen LogP contribution in [0.3, 0.4) is 0 Å². The van der Waals surface area contributed by atoms with Crippen LogP contribution in [0.5, 0.6) is 0 Å². The maximum absolute atomic E-state index is 11.7. The molecule has 2 amide bonds. The van der Waals surface area contributed by atoms with Crippen LogP contribution >= 0.6 is 0 Å². The van der Waals surface area contributed by atoms with E-state index in [1.54, 1.807) is 24.3 Å². The van der Waals surface area contributed by atoms with E-state index in [0.717, 1.165) is 0 Å². The van der Waals surface area contributed by atoms with Crippen molar-refractivity contribution >= 4 is 29.2 Å². The van der Waals surface area contributed by atoms with Crippen molar-refractivity contribution in [2.45, 2.75) is 25.7 Å². The standard InChI is InChI=1S/C16H20N2O4/c1-3-14(19)17-12-8-10-13(11-9-12)18-15(20)6-4-5-7-16(21)22-2/h3,8-11H,1,4-7H2,2H3,(H,17,19)(H,18,20). The largest absolute Gasteiger partial charge is 0.469 e. The molecule has 1 rings (SSSR count). The van der Waals surface area contributed by atoms with E-state index in [9.17, 15) is 14.4 Å². The molecule has 0 aliphatic rings. The predicted molar refractivity (Wildman–Crippen MR) is 84.4 cm³/mol. The van der Waals surface area contributed by atoms with Crippen molar-refractivity contribution < 1.29 is 19.1 Å². The van der Waals surface area contributed by atoms with Gasteiger partial charge in [0, 0.05) is 24.2 Å².